The summed E-state index contributed by atoms with van der Waals surface area (Å²) in [5.74, 6) is 1.01. The molecule has 2 aromatic rings. The Hall–Kier alpha value is -2.27. The number of carbonyl (C=O) groups excluding carboxylic acids is 2. The number of hydrogen-bond acceptors (Lipinski definition) is 3. The predicted octanol–water partition coefficient (Wildman–Crippen LogP) is 3.78. The number of amides is 2. The SMILES string of the molecule is CCC(C(=O)NC)N(Cc1ccccc1)C(=O)CSCc1cccc(C)c1. The van der Waals surface area contributed by atoms with Gasteiger partial charge in [-0.05, 0) is 24.5 Å². The van der Waals surface area contributed by atoms with Crippen molar-refractivity contribution >= 4 is 23.6 Å². The van der Waals surface area contributed by atoms with Crippen LogP contribution in [0.1, 0.15) is 30.0 Å². The van der Waals surface area contributed by atoms with Crippen molar-refractivity contribution in [2.24, 2.45) is 0 Å². The van der Waals surface area contributed by atoms with Gasteiger partial charge in [0.15, 0.2) is 0 Å². The van der Waals surface area contributed by atoms with Crippen LogP contribution in [0.25, 0.3) is 0 Å². The van der Waals surface area contributed by atoms with Crippen molar-refractivity contribution in [3.8, 4) is 0 Å². The predicted molar refractivity (Wildman–Crippen MR) is 112 cm³/mol. The fourth-order valence-electron chi connectivity index (χ4n) is 3.01. The molecule has 1 N–H and O–H groups in total. The van der Waals surface area contributed by atoms with Crippen LogP contribution in [-0.4, -0.2) is 35.6 Å². The normalized spacial score (nSPS) is 11.7. The summed E-state index contributed by atoms with van der Waals surface area (Å²) in [4.78, 5) is 27.0. The molecular weight excluding hydrogens is 356 g/mol. The number of likely N-dealkylation sites (N-methyl/N-ethyl adjacent to an activating group) is 1. The van der Waals surface area contributed by atoms with Crippen molar-refractivity contribution in [2.45, 2.75) is 38.6 Å². The van der Waals surface area contributed by atoms with Gasteiger partial charge in [0.1, 0.15) is 6.04 Å². The third-order valence-corrected chi connectivity index (χ3v) is 5.39. The second-order valence-corrected chi connectivity index (χ2v) is 7.51. The molecular formula is C22H28N2O2S. The molecule has 0 aliphatic carbocycles. The lowest BCUT2D eigenvalue weighted by atomic mass is 10.1. The topological polar surface area (TPSA) is 49.4 Å². The van der Waals surface area contributed by atoms with E-state index in [0.29, 0.717) is 18.7 Å². The summed E-state index contributed by atoms with van der Waals surface area (Å²) in [6, 6.07) is 17.7. The third-order valence-electron chi connectivity index (χ3n) is 4.40. The van der Waals surface area contributed by atoms with Crippen molar-refractivity contribution in [1.82, 2.24) is 10.2 Å². The average molecular weight is 385 g/mol. The lowest BCUT2D eigenvalue weighted by Gasteiger charge is -2.30. The van der Waals surface area contributed by atoms with Crippen LogP contribution in [0.2, 0.25) is 0 Å². The Bertz CT molecular complexity index is 749. The van der Waals surface area contributed by atoms with Crippen molar-refractivity contribution in [3.05, 3.63) is 71.3 Å². The minimum absolute atomic E-state index is 0.00745. The number of thioether (sulfide) groups is 1. The Kier molecular flexibility index (Phi) is 8.40. The van der Waals surface area contributed by atoms with E-state index < -0.39 is 6.04 Å². The van der Waals surface area contributed by atoms with Gasteiger partial charge in [-0.25, -0.2) is 0 Å². The lowest BCUT2D eigenvalue weighted by Crippen LogP contribution is -2.48. The standard InChI is InChI=1S/C22H28N2O2S/c1-4-20(22(26)23-3)24(14-18-10-6-5-7-11-18)21(25)16-27-15-19-12-8-9-17(2)13-19/h5-13,20H,4,14-16H2,1-3H3,(H,23,26). The van der Waals surface area contributed by atoms with Gasteiger partial charge in [0, 0.05) is 19.3 Å². The number of benzene rings is 2. The van der Waals surface area contributed by atoms with Crippen LogP contribution < -0.4 is 5.32 Å². The molecule has 0 fully saturated rings. The van der Waals surface area contributed by atoms with Crippen molar-refractivity contribution in [2.75, 3.05) is 12.8 Å². The first-order valence-corrected chi connectivity index (χ1v) is 10.4. The number of hydrogen-bond donors (Lipinski definition) is 1. The highest BCUT2D eigenvalue weighted by molar-refractivity contribution is 7.99. The molecule has 1 atom stereocenters. The van der Waals surface area contributed by atoms with Crippen LogP contribution in [-0.2, 0) is 21.9 Å². The quantitative estimate of drug-likeness (QED) is 0.716. The minimum Gasteiger partial charge on any atom is -0.357 e. The van der Waals surface area contributed by atoms with Crippen LogP contribution in [0.4, 0.5) is 0 Å². The second-order valence-electron chi connectivity index (χ2n) is 6.53. The molecule has 0 aromatic heterocycles. The maximum Gasteiger partial charge on any atom is 0.242 e. The Morgan fingerprint density at radius 2 is 1.78 bits per heavy atom. The molecule has 4 nitrogen and oxygen atoms in total. The molecule has 2 aromatic carbocycles. The molecule has 2 amide bonds. The molecule has 0 aliphatic heterocycles. The number of nitrogens with zero attached hydrogens (tertiary/aromatic N) is 1. The van der Waals surface area contributed by atoms with Crippen LogP contribution in [0.15, 0.2) is 54.6 Å². The largest absolute Gasteiger partial charge is 0.357 e. The summed E-state index contributed by atoms with van der Waals surface area (Å²) in [5, 5.41) is 2.69. The third kappa shape index (κ3) is 6.43. The van der Waals surface area contributed by atoms with E-state index in [9.17, 15) is 9.59 Å². The van der Waals surface area contributed by atoms with Crippen molar-refractivity contribution in [3.63, 3.8) is 0 Å². The first-order valence-electron chi connectivity index (χ1n) is 9.23. The van der Waals surface area contributed by atoms with Crippen LogP contribution >= 0.6 is 11.8 Å². The van der Waals surface area contributed by atoms with Gasteiger partial charge in [0.25, 0.3) is 0 Å². The first kappa shape index (κ1) is 21.0. The zero-order valence-corrected chi connectivity index (χ0v) is 17.1. The van der Waals surface area contributed by atoms with E-state index in [-0.39, 0.29) is 11.8 Å². The van der Waals surface area contributed by atoms with Crippen LogP contribution in [0.3, 0.4) is 0 Å². The summed E-state index contributed by atoms with van der Waals surface area (Å²) in [7, 11) is 1.61. The maximum absolute atomic E-state index is 13.0. The Labute approximate surface area is 166 Å². The van der Waals surface area contributed by atoms with E-state index in [0.717, 1.165) is 11.3 Å². The lowest BCUT2D eigenvalue weighted by molar-refractivity contribution is -0.139. The molecule has 0 aliphatic rings. The summed E-state index contributed by atoms with van der Waals surface area (Å²) >= 11 is 1.59. The van der Waals surface area contributed by atoms with Crippen molar-refractivity contribution < 1.29 is 9.59 Å². The van der Waals surface area contributed by atoms with Crippen LogP contribution in [0.5, 0.6) is 0 Å². The Morgan fingerprint density at radius 1 is 1.07 bits per heavy atom. The molecule has 0 heterocycles. The summed E-state index contributed by atoms with van der Waals surface area (Å²) in [6.07, 6.45) is 0.584. The molecule has 27 heavy (non-hydrogen) atoms. The molecule has 0 spiro atoms. The highest BCUT2D eigenvalue weighted by Crippen LogP contribution is 2.17. The molecule has 0 saturated carbocycles. The molecule has 1 unspecified atom stereocenters. The van der Waals surface area contributed by atoms with Gasteiger partial charge in [0.05, 0.1) is 5.75 Å². The van der Waals surface area contributed by atoms with E-state index in [2.05, 4.69) is 30.4 Å². The molecule has 144 valence electrons. The monoisotopic (exact) mass is 384 g/mol. The highest BCUT2D eigenvalue weighted by Gasteiger charge is 2.27. The van der Waals surface area contributed by atoms with E-state index in [1.165, 1.54) is 11.1 Å². The number of carbonyl (C=O) groups is 2. The highest BCUT2D eigenvalue weighted by atomic mass is 32.2. The number of rotatable bonds is 9. The molecule has 0 bridgehead atoms. The summed E-state index contributed by atoms with van der Waals surface area (Å²) < 4.78 is 0. The van der Waals surface area contributed by atoms with Crippen LogP contribution in [0, 0.1) is 6.92 Å². The first-order chi connectivity index (χ1) is 13.0. The summed E-state index contributed by atoms with van der Waals surface area (Å²) in [5.41, 5.74) is 3.45. The fraction of sp³-hybridized carbons (Fsp3) is 0.364. The van der Waals surface area contributed by atoms with Gasteiger partial charge >= 0.3 is 0 Å². The number of aryl methyl sites for hydroxylation is 1. The van der Waals surface area contributed by atoms with Gasteiger partial charge in [-0.2, -0.15) is 0 Å². The molecule has 2 rings (SSSR count). The number of nitrogens with one attached hydrogen (secondary N) is 1. The zero-order chi connectivity index (χ0) is 19.6. The van der Waals surface area contributed by atoms with E-state index in [1.807, 2.05) is 43.3 Å². The Balaban J connectivity index is 2.06. The zero-order valence-electron chi connectivity index (χ0n) is 16.3. The summed E-state index contributed by atoms with van der Waals surface area (Å²) in [6.45, 7) is 4.44. The molecule has 0 saturated heterocycles. The van der Waals surface area contributed by atoms with E-state index >= 15 is 0 Å². The van der Waals surface area contributed by atoms with Crippen molar-refractivity contribution in [1.29, 1.82) is 0 Å². The van der Waals surface area contributed by atoms with Gasteiger partial charge in [-0.15, -0.1) is 11.8 Å². The van der Waals surface area contributed by atoms with E-state index in [1.54, 1.807) is 23.7 Å². The molecule has 5 heteroatoms. The van der Waals surface area contributed by atoms with Gasteiger partial charge in [-0.1, -0.05) is 67.1 Å². The smallest absolute Gasteiger partial charge is 0.242 e. The minimum atomic E-state index is -0.456. The van der Waals surface area contributed by atoms with Gasteiger partial charge in [-0.3, -0.25) is 9.59 Å². The van der Waals surface area contributed by atoms with Gasteiger partial charge in [0.2, 0.25) is 11.8 Å². The van der Waals surface area contributed by atoms with Gasteiger partial charge < -0.3 is 10.2 Å². The molecule has 0 radical (unpaired) electrons. The average Bonchev–Trinajstić information content (AvgIpc) is 2.68. The van der Waals surface area contributed by atoms with E-state index in [4.69, 9.17) is 0 Å². The fourth-order valence-corrected chi connectivity index (χ4v) is 3.87. The maximum atomic E-state index is 13.0. The Morgan fingerprint density at radius 3 is 2.41 bits per heavy atom. The second kappa shape index (κ2) is 10.8.